The summed E-state index contributed by atoms with van der Waals surface area (Å²) in [5.74, 6) is 0.161. The maximum absolute atomic E-state index is 14.1. The number of aromatic nitrogens is 2. The molecule has 4 aromatic rings. The van der Waals surface area contributed by atoms with Crippen LogP contribution in [0.4, 0.5) is 0 Å². The molecule has 1 aliphatic heterocycles. The lowest BCUT2D eigenvalue weighted by Gasteiger charge is -2.25. The van der Waals surface area contributed by atoms with Crippen molar-refractivity contribution in [1.29, 1.82) is 0 Å². The van der Waals surface area contributed by atoms with E-state index in [0.29, 0.717) is 26.4 Å². The smallest absolute Gasteiger partial charge is 0.338 e. The number of carbonyl (C=O) groups is 1. The monoisotopic (exact) mass is 745 g/mol. The van der Waals surface area contributed by atoms with Gasteiger partial charge >= 0.3 is 5.97 Å². The molecule has 2 aromatic heterocycles. The highest BCUT2D eigenvalue weighted by molar-refractivity contribution is 14.1. The van der Waals surface area contributed by atoms with Crippen LogP contribution in [0.15, 0.2) is 68.0 Å². The Morgan fingerprint density at radius 1 is 1.15 bits per heavy atom. The zero-order chi connectivity index (χ0) is 29.6. The molecule has 0 saturated heterocycles. The molecular formula is C31H29BrIN3O4S. The number of ether oxygens (including phenoxy) is 2. The van der Waals surface area contributed by atoms with Crippen molar-refractivity contribution in [3.05, 3.63) is 110 Å². The fourth-order valence-corrected chi connectivity index (χ4v) is 7.25. The molecule has 0 spiro atoms. The summed E-state index contributed by atoms with van der Waals surface area (Å²) in [6.45, 7) is 9.98. The summed E-state index contributed by atoms with van der Waals surface area (Å²) in [6, 6.07) is 13.3. The summed E-state index contributed by atoms with van der Waals surface area (Å²) in [6.07, 6.45) is 1.92. The summed E-state index contributed by atoms with van der Waals surface area (Å²) >= 11 is 7.23. The molecule has 212 valence electrons. The van der Waals surface area contributed by atoms with Gasteiger partial charge in [0, 0.05) is 20.6 Å². The highest BCUT2D eigenvalue weighted by Gasteiger charge is 2.33. The number of carbonyl (C=O) groups excluding carboxylic acids is 1. The molecule has 2 aromatic carbocycles. The van der Waals surface area contributed by atoms with Crippen molar-refractivity contribution in [3.8, 4) is 11.4 Å². The third-order valence-electron chi connectivity index (χ3n) is 7.18. The normalized spacial score (nSPS) is 15.1. The van der Waals surface area contributed by atoms with E-state index in [1.807, 2.05) is 24.3 Å². The van der Waals surface area contributed by atoms with Gasteiger partial charge in [-0.15, -0.1) is 0 Å². The van der Waals surface area contributed by atoms with Gasteiger partial charge in [-0.1, -0.05) is 23.5 Å². The maximum atomic E-state index is 14.1. The van der Waals surface area contributed by atoms with Crippen molar-refractivity contribution < 1.29 is 14.3 Å². The zero-order valence-corrected chi connectivity index (χ0v) is 28.1. The quantitative estimate of drug-likeness (QED) is 0.182. The summed E-state index contributed by atoms with van der Waals surface area (Å²) in [5.41, 5.74) is 6.77. The van der Waals surface area contributed by atoms with Gasteiger partial charge in [0.05, 0.1) is 40.0 Å². The van der Waals surface area contributed by atoms with E-state index in [2.05, 4.69) is 88.1 Å². The maximum Gasteiger partial charge on any atom is 0.338 e. The molecule has 0 amide bonds. The third-order valence-corrected chi connectivity index (χ3v) is 9.94. The Morgan fingerprint density at radius 2 is 1.90 bits per heavy atom. The third kappa shape index (κ3) is 5.37. The minimum absolute atomic E-state index is 0.213. The Bertz CT molecular complexity index is 1920. The first kappa shape index (κ1) is 29.5. The van der Waals surface area contributed by atoms with Crippen LogP contribution in [0.1, 0.15) is 48.0 Å². The van der Waals surface area contributed by atoms with Crippen molar-refractivity contribution >= 4 is 61.9 Å². The lowest BCUT2D eigenvalue weighted by molar-refractivity contribution is -0.139. The van der Waals surface area contributed by atoms with E-state index in [4.69, 9.17) is 14.5 Å². The van der Waals surface area contributed by atoms with Gasteiger partial charge in [0.15, 0.2) is 4.80 Å². The number of thiazole rings is 1. The first-order chi connectivity index (χ1) is 19.5. The predicted molar refractivity (Wildman–Crippen MR) is 174 cm³/mol. The predicted octanol–water partition coefficient (Wildman–Crippen LogP) is 5.89. The van der Waals surface area contributed by atoms with Crippen LogP contribution >= 0.6 is 49.9 Å². The minimum Gasteiger partial charge on any atom is -0.496 e. The summed E-state index contributed by atoms with van der Waals surface area (Å²) in [4.78, 5) is 32.5. The molecule has 0 N–H and O–H groups in total. The summed E-state index contributed by atoms with van der Waals surface area (Å²) in [5, 5.41) is 0. The van der Waals surface area contributed by atoms with Gasteiger partial charge in [-0.05, 0) is 126 Å². The number of fused-ring (bicyclic) bond motifs is 1. The van der Waals surface area contributed by atoms with E-state index in [1.54, 1.807) is 25.5 Å². The number of hydrogen-bond donors (Lipinski definition) is 0. The molecule has 0 bridgehead atoms. The minimum atomic E-state index is -0.697. The first-order valence-electron chi connectivity index (χ1n) is 13.0. The van der Waals surface area contributed by atoms with E-state index < -0.39 is 12.0 Å². The second-order valence-electron chi connectivity index (χ2n) is 9.79. The number of benzene rings is 2. The van der Waals surface area contributed by atoms with Gasteiger partial charge in [-0.2, -0.15) is 0 Å². The molecule has 7 nitrogen and oxygen atoms in total. The SMILES string of the molecule is CCOC(=O)C1=C(C)N=c2s/c(=C/c3cc(C)n(-c4ccc(C)c(I)c4)c3C)c(=O)n2[C@@H]1c1ccc(OC)c(Br)c1. The molecule has 0 unspecified atom stereocenters. The van der Waals surface area contributed by atoms with E-state index in [1.165, 1.54) is 20.5 Å². The largest absolute Gasteiger partial charge is 0.496 e. The van der Waals surface area contributed by atoms with Gasteiger partial charge in [-0.3, -0.25) is 9.36 Å². The van der Waals surface area contributed by atoms with Crippen molar-refractivity contribution in [2.75, 3.05) is 13.7 Å². The van der Waals surface area contributed by atoms with Crippen molar-refractivity contribution in [2.24, 2.45) is 4.99 Å². The lowest BCUT2D eigenvalue weighted by Crippen LogP contribution is -2.40. The van der Waals surface area contributed by atoms with Crippen molar-refractivity contribution in [2.45, 2.75) is 40.7 Å². The van der Waals surface area contributed by atoms with Crippen LogP contribution in [-0.2, 0) is 9.53 Å². The van der Waals surface area contributed by atoms with Crippen LogP contribution in [-0.4, -0.2) is 28.8 Å². The van der Waals surface area contributed by atoms with E-state index in [0.717, 1.165) is 32.7 Å². The van der Waals surface area contributed by atoms with Crippen LogP contribution < -0.4 is 19.6 Å². The molecule has 41 heavy (non-hydrogen) atoms. The topological polar surface area (TPSA) is 74.8 Å². The molecule has 1 aliphatic rings. The second-order valence-corrected chi connectivity index (χ2v) is 12.8. The highest BCUT2D eigenvalue weighted by Crippen LogP contribution is 2.35. The number of aryl methyl sites for hydroxylation is 2. The van der Waals surface area contributed by atoms with Crippen LogP contribution in [0.5, 0.6) is 5.75 Å². The van der Waals surface area contributed by atoms with Gasteiger partial charge in [-0.25, -0.2) is 9.79 Å². The van der Waals surface area contributed by atoms with Crippen molar-refractivity contribution in [1.82, 2.24) is 9.13 Å². The van der Waals surface area contributed by atoms with Gasteiger partial charge in [0.2, 0.25) is 0 Å². The number of allylic oxidation sites excluding steroid dienone is 1. The van der Waals surface area contributed by atoms with Crippen molar-refractivity contribution in [3.63, 3.8) is 0 Å². The molecule has 1 atom stereocenters. The Labute approximate surface area is 264 Å². The number of hydrogen-bond acceptors (Lipinski definition) is 6. The number of esters is 1. The van der Waals surface area contributed by atoms with Crippen LogP contribution in [0.3, 0.4) is 0 Å². The van der Waals surface area contributed by atoms with E-state index in [-0.39, 0.29) is 12.2 Å². The Morgan fingerprint density at radius 3 is 2.56 bits per heavy atom. The van der Waals surface area contributed by atoms with Gasteiger partial charge in [0.1, 0.15) is 5.75 Å². The zero-order valence-electron chi connectivity index (χ0n) is 23.5. The molecule has 5 rings (SSSR count). The number of methoxy groups -OCH3 is 1. The first-order valence-corrected chi connectivity index (χ1v) is 15.7. The molecule has 10 heteroatoms. The fraction of sp³-hybridized carbons (Fsp3) is 0.258. The standard InChI is InChI=1S/C31H29BrIN3O4S/c1-7-40-30(38)27-18(4)34-31-36(28(27)20-9-11-25(39-6)23(32)13-20)29(37)26(41-31)14-21-12-17(3)35(19(21)5)22-10-8-16(2)24(33)15-22/h8-15,28H,7H2,1-6H3/b26-14+/t28-/m1/s1. The highest BCUT2D eigenvalue weighted by atomic mass is 127. The Hall–Kier alpha value is -2.96. The Balaban J connectivity index is 1.70. The molecule has 3 heterocycles. The average molecular weight is 746 g/mol. The number of nitrogens with zero attached hydrogens (tertiary/aromatic N) is 3. The molecule has 0 saturated carbocycles. The number of halogens is 2. The van der Waals surface area contributed by atoms with E-state index >= 15 is 0 Å². The lowest BCUT2D eigenvalue weighted by atomic mass is 9.96. The van der Waals surface area contributed by atoms with Crippen LogP contribution in [0.2, 0.25) is 0 Å². The van der Waals surface area contributed by atoms with Crippen LogP contribution in [0.25, 0.3) is 11.8 Å². The molecule has 0 aliphatic carbocycles. The summed E-state index contributed by atoms with van der Waals surface area (Å²) in [7, 11) is 1.59. The fourth-order valence-electron chi connectivity index (χ4n) is 5.15. The Kier molecular flexibility index (Phi) is 8.45. The second kappa shape index (κ2) is 11.7. The molecule has 0 radical (unpaired) electrons. The van der Waals surface area contributed by atoms with Gasteiger partial charge < -0.3 is 14.0 Å². The van der Waals surface area contributed by atoms with E-state index in [9.17, 15) is 9.59 Å². The average Bonchev–Trinajstić information content (AvgIpc) is 3.38. The molecular weight excluding hydrogens is 717 g/mol. The molecule has 0 fully saturated rings. The summed E-state index contributed by atoms with van der Waals surface area (Å²) < 4.78 is 17.1. The van der Waals surface area contributed by atoms with Crippen LogP contribution in [0, 0.1) is 24.3 Å². The number of rotatable bonds is 6. The van der Waals surface area contributed by atoms with Gasteiger partial charge in [0.25, 0.3) is 5.56 Å².